The molecule has 5 nitrogen and oxygen atoms in total. The van der Waals surface area contributed by atoms with E-state index in [0.29, 0.717) is 26.9 Å². The molecule has 100 valence electrons. The molecule has 2 aromatic heterocycles. The maximum atomic E-state index is 5.85. The molecule has 0 saturated heterocycles. The van der Waals surface area contributed by atoms with Gasteiger partial charge in [-0.25, -0.2) is 9.97 Å². The zero-order chi connectivity index (χ0) is 13.7. The Labute approximate surface area is 124 Å². The van der Waals surface area contributed by atoms with Crippen LogP contribution in [-0.2, 0) is 0 Å². The van der Waals surface area contributed by atoms with Crippen LogP contribution in [0.4, 0.5) is 5.82 Å². The van der Waals surface area contributed by atoms with Gasteiger partial charge in [-0.3, -0.25) is 4.98 Å². The monoisotopic (exact) mass is 342 g/mol. The highest BCUT2D eigenvalue weighted by atomic mass is 79.9. The Kier molecular flexibility index (Phi) is 4.93. The number of hydrogen-bond donors (Lipinski definition) is 1. The summed E-state index contributed by atoms with van der Waals surface area (Å²) in [7, 11) is 0. The van der Waals surface area contributed by atoms with Crippen LogP contribution >= 0.6 is 27.5 Å². The number of halogens is 2. The fourth-order valence-corrected chi connectivity index (χ4v) is 1.94. The van der Waals surface area contributed by atoms with E-state index in [0.717, 1.165) is 13.0 Å². The van der Waals surface area contributed by atoms with E-state index in [1.165, 1.54) is 12.5 Å². The van der Waals surface area contributed by atoms with E-state index in [9.17, 15) is 0 Å². The van der Waals surface area contributed by atoms with Gasteiger partial charge in [0, 0.05) is 18.8 Å². The Hall–Kier alpha value is -1.40. The maximum Gasteiger partial charge on any atom is 0.238 e. The van der Waals surface area contributed by atoms with Crippen molar-refractivity contribution in [3.8, 4) is 11.6 Å². The topological polar surface area (TPSA) is 59.9 Å². The van der Waals surface area contributed by atoms with E-state index in [-0.39, 0.29) is 0 Å². The number of rotatable bonds is 5. The van der Waals surface area contributed by atoms with Gasteiger partial charge in [0.1, 0.15) is 22.4 Å². The number of ether oxygens (including phenoxy) is 1. The van der Waals surface area contributed by atoms with Crippen LogP contribution in [0.15, 0.2) is 29.3 Å². The molecule has 0 atom stereocenters. The van der Waals surface area contributed by atoms with Crippen LogP contribution in [0.5, 0.6) is 11.6 Å². The Morgan fingerprint density at radius 1 is 1.37 bits per heavy atom. The third-order valence-electron chi connectivity index (χ3n) is 2.19. The van der Waals surface area contributed by atoms with Gasteiger partial charge in [-0.15, -0.1) is 0 Å². The van der Waals surface area contributed by atoms with Crippen molar-refractivity contribution in [2.75, 3.05) is 11.9 Å². The summed E-state index contributed by atoms with van der Waals surface area (Å²) in [6, 6.07) is 1.67. The molecule has 0 radical (unpaired) electrons. The molecule has 0 aliphatic carbocycles. The first-order chi connectivity index (χ1) is 9.20. The summed E-state index contributed by atoms with van der Waals surface area (Å²) in [6.45, 7) is 2.91. The molecule has 2 aromatic rings. The third-order valence-corrected chi connectivity index (χ3v) is 3.12. The number of anilines is 1. The summed E-state index contributed by atoms with van der Waals surface area (Å²) >= 11 is 9.27. The summed E-state index contributed by atoms with van der Waals surface area (Å²) in [5, 5.41) is 3.69. The molecule has 2 heterocycles. The maximum absolute atomic E-state index is 5.85. The number of nitrogens with zero attached hydrogens (tertiary/aromatic N) is 3. The minimum Gasteiger partial charge on any atom is -0.436 e. The molecule has 2 rings (SSSR count). The fraction of sp³-hybridized carbons (Fsp3) is 0.250. The summed E-state index contributed by atoms with van der Waals surface area (Å²) < 4.78 is 6.30. The van der Waals surface area contributed by atoms with E-state index in [4.69, 9.17) is 16.3 Å². The molecule has 0 bridgehead atoms. The highest BCUT2D eigenvalue weighted by Crippen LogP contribution is 2.32. The second-order valence-electron chi connectivity index (χ2n) is 3.71. The smallest absolute Gasteiger partial charge is 0.238 e. The Balaban J connectivity index is 2.20. The van der Waals surface area contributed by atoms with Crippen LogP contribution in [-0.4, -0.2) is 21.5 Å². The normalized spacial score (nSPS) is 10.3. The molecule has 0 amide bonds. The molecular formula is C12H12BrClN4O. The standard InChI is InChI=1S/C12H12BrClN4O/c1-2-3-16-11-10(13)12(18-7-17-11)19-9-4-8(14)5-15-6-9/h4-7H,2-3H2,1H3,(H,16,17,18). The minimum atomic E-state index is 0.415. The largest absolute Gasteiger partial charge is 0.436 e. The molecule has 0 aromatic carbocycles. The van der Waals surface area contributed by atoms with Gasteiger partial charge in [0.2, 0.25) is 5.88 Å². The van der Waals surface area contributed by atoms with Crippen molar-refractivity contribution in [1.29, 1.82) is 0 Å². The van der Waals surface area contributed by atoms with Crippen LogP contribution in [0, 0.1) is 0 Å². The van der Waals surface area contributed by atoms with Crippen molar-refractivity contribution in [3.63, 3.8) is 0 Å². The SMILES string of the molecule is CCCNc1ncnc(Oc2cncc(Cl)c2)c1Br. The van der Waals surface area contributed by atoms with E-state index in [1.807, 2.05) is 0 Å². The Morgan fingerprint density at radius 2 is 2.21 bits per heavy atom. The van der Waals surface area contributed by atoms with Crippen LogP contribution in [0.3, 0.4) is 0 Å². The lowest BCUT2D eigenvalue weighted by molar-refractivity contribution is 0.456. The molecule has 0 unspecified atom stereocenters. The molecular weight excluding hydrogens is 332 g/mol. The van der Waals surface area contributed by atoms with E-state index in [1.54, 1.807) is 12.3 Å². The average Bonchev–Trinajstić information content (AvgIpc) is 2.40. The van der Waals surface area contributed by atoms with Crippen molar-refractivity contribution in [3.05, 3.63) is 34.3 Å². The number of nitrogens with one attached hydrogen (secondary N) is 1. The molecule has 19 heavy (non-hydrogen) atoms. The highest BCUT2D eigenvalue weighted by Gasteiger charge is 2.10. The van der Waals surface area contributed by atoms with Crippen LogP contribution in [0.2, 0.25) is 5.02 Å². The van der Waals surface area contributed by atoms with Gasteiger partial charge in [0.25, 0.3) is 0 Å². The average molecular weight is 344 g/mol. The summed E-state index contributed by atoms with van der Waals surface area (Å²) in [6.07, 6.45) is 5.55. The van der Waals surface area contributed by atoms with Crippen LogP contribution in [0.1, 0.15) is 13.3 Å². The lowest BCUT2D eigenvalue weighted by Gasteiger charge is -2.10. The van der Waals surface area contributed by atoms with Gasteiger partial charge in [-0.1, -0.05) is 18.5 Å². The number of aromatic nitrogens is 3. The third kappa shape index (κ3) is 3.78. The molecule has 0 fully saturated rings. The minimum absolute atomic E-state index is 0.415. The van der Waals surface area contributed by atoms with Crippen LogP contribution in [0.25, 0.3) is 0 Å². The highest BCUT2D eigenvalue weighted by molar-refractivity contribution is 9.10. The van der Waals surface area contributed by atoms with Gasteiger partial charge in [-0.05, 0) is 22.4 Å². The lowest BCUT2D eigenvalue weighted by atomic mass is 10.4. The first-order valence-corrected chi connectivity index (χ1v) is 6.90. The lowest BCUT2D eigenvalue weighted by Crippen LogP contribution is -2.04. The van der Waals surface area contributed by atoms with Crippen LogP contribution < -0.4 is 10.1 Å². The van der Waals surface area contributed by atoms with Crippen molar-refractivity contribution >= 4 is 33.3 Å². The van der Waals surface area contributed by atoms with Crippen molar-refractivity contribution < 1.29 is 4.74 Å². The van der Waals surface area contributed by atoms with Gasteiger partial charge in [-0.2, -0.15) is 0 Å². The van der Waals surface area contributed by atoms with Crippen molar-refractivity contribution in [2.24, 2.45) is 0 Å². The van der Waals surface area contributed by atoms with Gasteiger partial charge in [0.15, 0.2) is 0 Å². The predicted octanol–water partition coefficient (Wildman–Crippen LogP) is 3.90. The molecule has 7 heteroatoms. The Bertz CT molecular complexity index is 567. The Morgan fingerprint density at radius 3 is 2.95 bits per heavy atom. The first-order valence-electron chi connectivity index (χ1n) is 5.73. The number of pyridine rings is 1. The molecule has 0 aliphatic heterocycles. The molecule has 1 N–H and O–H groups in total. The molecule has 0 aliphatic rings. The predicted molar refractivity (Wildman–Crippen MR) is 77.8 cm³/mol. The second kappa shape index (κ2) is 6.68. The first kappa shape index (κ1) is 14.0. The molecule has 0 saturated carbocycles. The van der Waals surface area contributed by atoms with Gasteiger partial charge < -0.3 is 10.1 Å². The van der Waals surface area contributed by atoms with Crippen molar-refractivity contribution in [1.82, 2.24) is 15.0 Å². The van der Waals surface area contributed by atoms with Crippen molar-refractivity contribution in [2.45, 2.75) is 13.3 Å². The van der Waals surface area contributed by atoms with Gasteiger partial charge in [0.05, 0.1) is 11.2 Å². The zero-order valence-corrected chi connectivity index (χ0v) is 12.6. The van der Waals surface area contributed by atoms with E-state index < -0.39 is 0 Å². The summed E-state index contributed by atoms with van der Waals surface area (Å²) in [4.78, 5) is 12.2. The molecule has 0 spiro atoms. The van der Waals surface area contributed by atoms with E-state index in [2.05, 4.69) is 43.1 Å². The fourth-order valence-electron chi connectivity index (χ4n) is 1.35. The number of hydrogen-bond acceptors (Lipinski definition) is 5. The second-order valence-corrected chi connectivity index (χ2v) is 4.94. The zero-order valence-electron chi connectivity index (χ0n) is 10.2. The van der Waals surface area contributed by atoms with Gasteiger partial charge >= 0.3 is 0 Å². The summed E-state index contributed by atoms with van der Waals surface area (Å²) in [5.41, 5.74) is 0. The quantitative estimate of drug-likeness (QED) is 0.892. The van der Waals surface area contributed by atoms with E-state index >= 15 is 0 Å². The summed E-state index contributed by atoms with van der Waals surface area (Å²) in [5.74, 6) is 1.63.